The van der Waals surface area contributed by atoms with Crippen molar-refractivity contribution in [3.63, 3.8) is 0 Å². The van der Waals surface area contributed by atoms with Crippen molar-refractivity contribution in [2.45, 2.75) is 30.0 Å². The number of amides is 1. The average Bonchev–Trinajstić information content (AvgIpc) is 3.22. The summed E-state index contributed by atoms with van der Waals surface area (Å²) in [4.78, 5) is 17.7. The minimum atomic E-state index is -3.41. The van der Waals surface area contributed by atoms with E-state index in [0.717, 1.165) is 5.56 Å². The lowest BCUT2D eigenvalue weighted by Crippen LogP contribution is -2.31. The first-order valence-electron chi connectivity index (χ1n) is 10.0. The summed E-state index contributed by atoms with van der Waals surface area (Å²) in [6, 6.07) is 10.7. The Morgan fingerprint density at radius 2 is 1.62 bits per heavy atom. The van der Waals surface area contributed by atoms with Gasteiger partial charge in [-0.15, -0.1) is 0 Å². The van der Waals surface area contributed by atoms with Gasteiger partial charge in [0.2, 0.25) is 0 Å². The van der Waals surface area contributed by atoms with E-state index < -0.39 is 21.1 Å². The van der Waals surface area contributed by atoms with Crippen LogP contribution in [0.4, 0.5) is 0 Å². The van der Waals surface area contributed by atoms with Crippen molar-refractivity contribution in [1.82, 2.24) is 14.9 Å². The number of sulfone groups is 1. The van der Waals surface area contributed by atoms with Gasteiger partial charge in [-0.25, -0.2) is 13.4 Å². The van der Waals surface area contributed by atoms with E-state index >= 15 is 0 Å². The van der Waals surface area contributed by atoms with Crippen LogP contribution >= 0.6 is 0 Å². The predicted molar refractivity (Wildman–Crippen MR) is 121 cm³/mol. The summed E-state index contributed by atoms with van der Waals surface area (Å²) >= 11 is 0. The largest absolute Gasteiger partial charge is 0.497 e. The van der Waals surface area contributed by atoms with Crippen molar-refractivity contribution in [1.29, 1.82) is 0 Å². The first kappa shape index (κ1) is 23.3. The minimum Gasteiger partial charge on any atom is -0.497 e. The topological polar surface area (TPSA) is 99.5 Å². The van der Waals surface area contributed by atoms with E-state index in [1.165, 1.54) is 24.3 Å². The van der Waals surface area contributed by atoms with Crippen LogP contribution in [-0.2, 0) is 16.9 Å². The van der Waals surface area contributed by atoms with Gasteiger partial charge in [0, 0.05) is 31.1 Å². The Hall–Kier alpha value is -3.33. The number of benzene rings is 2. The van der Waals surface area contributed by atoms with Crippen LogP contribution in [0.2, 0.25) is 0 Å². The van der Waals surface area contributed by atoms with Crippen molar-refractivity contribution < 1.29 is 22.7 Å². The highest BCUT2D eigenvalue weighted by Crippen LogP contribution is 2.30. The molecule has 170 valence electrons. The molecule has 1 N–H and O–H groups in total. The molecule has 32 heavy (non-hydrogen) atoms. The van der Waals surface area contributed by atoms with E-state index in [2.05, 4.69) is 10.3 Å². The Kier molecular flexibility index (Phi) is 6.88. The van der Waals surface area contributed by atoms with Crippen LogP contribution in [0.25, 0.3) is 0 Å². The van der Waals surface area contributed by atoms with Crippen LogP contribution in [0.15, 0.2) is 59.8 Å². The third-order valence-electron chi connectivity index (χ3n) is 5.16. The summed E-state index contributed by atoms with van der Waals surface area (Å²) in [5, 5.41) is 2.45. The van der Waals surface area contributed by atoms with E-state index in [0.29, 0.717) is 22.9 Å². The van der Waals surface area contributed by atoms with Gasteiger partial charge in [0.15, 0.2) is 9.84 Å². The normalized spacial score (nSPS) is 12.4. The van der Waals surface area contributed by atoms with Gasteiger partial charge in [0.25, 0.3) is 5.91 Å². The molecule has 1 atom stereocenters. The molecule has 2 aromatic carbocycles. The number of nitrogens with zero attached hydrogens (tertiary/aromatic N) is 2. The smallest absolute Gasteiger partial charge is 0.252 e. The Morgan fingerprint density at radius 1 is 1.03 bits per heavy atom. The van der Waals surface area contributed by atoms with Crippen LogP contribution in [-0.4, -0.2) is 43.3 Å². The fraction of sp³-hybridized carbons (Fsp3) is 0.304. The molecule has 0 aliphatic heterocycles. The second-order valence-electron chi connectivity index (χ2n) is 7.57. The zero-order chi connectivity index (χ0) is 23.5. The molecular formula is C23H27N3O5S. The number of aryl methyl sites for hydroxylation is 1. The number of carbonyl (C=O) groups is 1. The predicted octanol–water partition coefficient (Wildman–Crippen LogP) is 3.14. The Morgan fingerprint density at radius 3 is 2.09 bits per heavy atom. The zero-order valence-electron chi connectivity index (χ0n) is 18.7. The van der Waals surface area contributed by atoms with E-state index in [-0.39, 0.29) is 10.8 Å². The van der Waals surface area contributed by atoms with Crippen LogP contribution in [0.5, 0.6) is 11.5 Å². The second kappa shape index (κ2) is 9.44. The number of hydrogen-bond donors (Lipinski definition) is 1. The number of ether oxygens (including phenoxy) is 2. The maximum atomic E-state index is 13.1. The number of nitrogens with one attached hydrogen (secondary N) is 1. The Balaban J connectivity index is 1.96. The molecule has 8 nitrogen and oxygen atoms in total. The third kappa shape index (κ3) is 4.77. The van der Waals surface area contributed by atoms with Gasteiger partial charge < -0.3 is 19.4 Å². The van der Waals surface area contributed by atoms with Crippen molar-refractivity contribution in [3.8, 4) is 11.5 Å². The molecule has 0 saturated heterocycles. The molecule has 1 aromatic heterocycles. The number of hydrogen-bond acceptors (Lipinski definition) is 6. The molecule has 0 fully saturated rings. The molecule has 1 heterocycles. The van der Waals surface area contributed by atoms with Crippen LogP contribution in [0.3, 0.4) is 0 Å². The van der Waals surface area contributed by atoms with Gasteiger partial charge in [-0.2, -0.15) is 0 Å². The lowest BCUT2D eigenvalue weighted by atomic mass is 10.0. The molecule has 9 heteroatoms. The van der Waals surface area contributed by atoms with E-state index in [9.17, 15) is 13.2 Å². The average molecular weight is 458 g/mol. The highest BCUT2D eigenvalue weighted by molar-refractivity contribution is 7.92. The number of imidazole rings is 1. The van der Waals surface area contributed by atoms with Gasteiger partial charge >= 0.3 is 0 Å². The summed E-state index contributed by atoms with van der Waals surface area (Å²) in [6.07, 6.45) is 3.44. The lowest BCUT2D eigenvalue weighted by Gasteiger charge is -2.21. The fourth-order valence-electron chi connectivity index (χ4n) is 3.23. The van der Waals surface area contributed by atoms with Crippen molar-refractivity contribution >= 4 is 15.7 Å². The molecular weight excluding hydrogens is 430 g/mol. The quantitative estimate of drug-likeness (QED) is 0.558. The van der Waals surface area contributed by atoms with Gasteiger partial charge in [0.1, 0.15) is 23.4 Å². The first-order chi connectivity index (χ1) is 15.2. The zero-order valence-corrected chi connectivity index (χ0v) is 19.5. The summed E-state index contributed by atoms with van der Waals surface area (Å²) < 4.78 is 37.3. The first-order valence-corrected chi connectivity index (χ1v) is 11.6. The maximum Gasteiger partial charge on any atom is 0.252 e. The fourth-order valence-corrected chi connectivity index (χ4v) is 4.29. The van der Waals surface area contributed by atoms with Gasteiger partial charge in [-0.3, -0.25) is 4.79 Å². The number of carbonyl (C=O) groups excluding carboxylic acids is 1. The molecule has 1 unspecified atom stereocenters. The van der Waals surface area contributed by atoms with Crippen LogP contribution in [0.1, 0.15) is 41.6 Å². The van der Waals surface area contributed by atoms with Gasteiger partial charge in [0.05, 0.1) is 24.4 Å². The molecule has 1 amide bonds. The standard InChI is InChI=1S/C23H27N3O5S/c1-15(2)32(28,29)20-8-6-16(7-9-20)23(27)25-21(22-24-10-11-26(22)3)17-12-18(30-4)14-19(13-17)31-5/h6-15,21H,1-5H3,(H,25,27). The summed E-state index contributed by atoms with van der Waals surface area (Å²) in [5.74, 6) is 1.41. The number of rotatable bonds is 8. The highest BCUT2D eigenvalue weighted by Gasteiger charge is 2.24. The van der Waals surface area contributed by atoms with Crippen LogP contribution < -0.4 is 14.8 Å². The molecule has 0 saturated carbocycles. The van der Waals surface area contributed by atoms with Gasteiger partial charge in [-0.05, 0) is 55.8 Å². The summed E-state index contributed by atoms with van der Waals surface area (Å²) in [6.45, 7) is 3.24. The van der Waals surface area contributed by atoms with Gasteiger partial charge in [-0.1, -0.05) is 0 Å². The molecule has 3 rings (SSSR count). The molecule has 0 bridgehead atoms. The van der Waals surface area contributed by atoms with Crippen molar-refractivity contribution in [2.75, 3.05) is 14.2 Å². The third-order valence-corrected chi connectivity index (χ3v) is 7.34. The van der Waals surface area contributed by atoms with E-state index in [1.807, 2.05) is 11.6 Å². The second-order valence-corrected chi connectivity index (χ2v) is 10.1. The molecule has 3 aromatic rings. The Bertz CT molecular complexity index is 1180. The highest BCUT2D eigenvalue weighted by atomic mass is 32.2. The van der Waals surface area contributed by atoms with Crippen LogP contribution in [0, 0.1) is 0 Å². The summed E-state index contributed by atoms with van der Waals surface area (Å²) in [5.41, 5.74) is 1.06. The maximum absolute atomic E-state index is 13.1. The monoisotopic (exact) mass is 457 g/mol. The number of aromatic nitrogens is 2. The van der Waals surface area contributed by atoms with E-state index in [1.54, 1.807) is 58.7 Å². The Labute approximate surface area is 188 Å². The SMILES string of the molecule is COc1cc(OC)cc(C(NC(=O)c2ccc(S(=O)(=O)C(C)C)cc2)c2nccn2C)c1. The molecule has 0 spiro atoms. The van der Waals surface area contributed by atoms with Crippen molar-refractivity contribution in [3.05, 3.63) is 71.8 Å². The van der Waals surface area contributed by atoms with Crippen molar-refractivity contribution in [2.24, 2.45) is 7.05 Å². The molecule has 0 aliphatic carbocycles. The number of methoxy groups -OCH3 is 2. The minimum absolute atomic E-state index is 0.183. The lowest BCUT2D eigenvalue weighted by molar-refractivity contribution is 0.0941. The van der Waals surface area contributed by atoms with E-state index in [4.69, 9.17) is 9.47 Å². The summed E-state index contributed by atoms with van der Waals surface area (Å²) in [7, 11) is 1.53. The molecule has 0 aliphatic rings. The molecule has 0 radical (unpaired) electrons.